The van der Waals surface area contributed by atoms with E-state index in [1.165, 1.54) is 3.71 Å². The van der Waals surface area contributed by atoms with E-state index in [-0.39, 0.29) is 0 Å². The minimum absolute atomic E-state index is 0.549. The molecule has 0 aliphatic rings. The second-order valence-electron chi connectivity index (χ2n) is 1.26. The molecule has 0 rings (SSSR count). The molecule has 7 heavy (non-hydrogen) atoms. The van der Waals surface area contributed by atoms with Gasteiger partial charge in [-0.3, -0.25) is 0 Å². The van der Waals surface area contributed by atoms with Gasteiger partial charge in [0.05, 0.1) is 0 Å². The molecule has 0 saturated carbocycles. The second kappa shape index (κ2) is 2.77. The molecule has 0 saturated heterocycles. The lowest BCUT2D eigenvalue weighted by molar-refractivity contribution is 0.704. The van der Waals surface area contributed by atoms with Crippen LogP contribution in [0.4, 0.5) is 0 Å². The highest BCUT2D eigenvalue weighted by Gasteiger charge is 2.15. The second-order valence-corrected chi connectivity index (χ2v) is 4.47. The Kier molecular flexibility index (Phi) is 3.31. The zero-order chi connectivity index (χ0) is 6.08. The monoisotopic (exact) mass is 173 g/mol. The minimum Gasteiger partial charge on any atom is -0.175 e. The Labute approximate surface area is 65.8 Å². The van der Waals surface area contributed by atoms with E-state index in [0.717, 1.165) is 0 Å². The van der Waals surface area contributed by atoms with Crippen molar-refractivity contribution in [2.75, 3.05) is 0 Å². The molecule has 0 aromatic heterocycles. The molecule has 0 fully saturated rings. The first-order chi connectivity index (χ1) is 2.94. The molecular formula is C2H7NS4. The summed E-state index contributed by atoms with van der Waals surface area (Å²) in [6.45, 7) is 1.76. The maximum Gasteiger partial charge on any atom is 0.124 e. The van der Waals surface area contributed by atoms with E-state index < -0.39 is 4.20 Å². The Morgan fingerprint density at radius 3 is 1.43 bits per heavy atom. The van der Waals surface area contributed by atoms with E-state index in [1.807, 2.05) is 0 Å². The summed E-state index contributed by atoms with van der Waals surface area (Å²) in [5, 5.41) is 0. The largest absolute Gasteiger partial charge is 0.175 e. The minimum atomic E-state index is -0.549. The van der Waals surface area contributed by atoms with Crippen LogP contribution in [0.3, 0.4) is 0 Å². The molecule has 0 unspecified atom stereocenters. The van der Waals surface area contributed by atoms with Crippen LogP contribution in [0, 0.1) is 0 Å². The first-order valence-corrected chi connectivity index (χ1v) is 3.27. The topological polar surface area (TPSA) is 3.24 Å². The molecule has 0 radical (unpaired) electrons. The summed E-state index contributed by atoms with van der Waals surface area (Å²) < 4.78 is 0.755. The van der Waals surface area contributed by atoms with Crippen LogP contribution >= 0.6 is 50.9 Å². The number of rotatable bonds is 1. The standard InChI is InChI=1S/C2H7NS4/c1-2(4,5)3(6)7/h4-7H,1H3. The Morgan fingerprint density at radius 1 is 1.29 bits per heavy atom. The average molecular weight is 173 g/mol. The number of thiol groups is 4. The summed E-state index contributed by atoms with van der Waals surface area (Å²) >= 11 is 15.6. The molecule has 5 heteroatoms. The van der Waals surface area contributed by atoms with Gasteiger partial charge >= 0.3 is 0 Å². The fourth-order valence-electron chi connectivity index (χ4n) is 0. The molecule has 0 heterocycles. The molecule has 0 aromatic rings. The van der Waals surface area contributed by atoms with Crippen molar-refractivity contribution in [1.29, 1.82) is 0 Å². The van der Waals surface area contributed by atoms with Gasteiger partial charge in [0.15, 0.2) is 0 Å². The molecule has 0 aliphatic carbocycles. The van der Waals surface area contributed by atoms with E-state index >= 15 is 0 Å². The zero-order valence-corrected chi connectivity index (χ0v) is 7.31. The van der Waals surface area contributed by atoms with Gasteiger partial charge in [-0.2, -0.15) is 3.71 Å². The molecule has 1 nitrogen and oxygen atoms in total. The van der Waals surface area contributed by atoms with Crippen molar-refractivity contribution in [2.45, 2.75) is 11.1 Å². The van der Waals surface area contributed by atoms with Crippen molar-refractivity contribution in [2.24, 2.45) is 0 Å². The van der Waals surface area contributed by atoms with Crippen molar-refractivity contribution in [3.63, 3.8) is 0 Å². The first-order valence-electron chi connectivity index (χ1n) is 1.57. The van der Waals surface area contributed by atoms with E-state index in [2.05, 4.69) is 50.9 Å². The lowest BCUT2D eigenvalue weighted by atomic mass is 10.8. The van der Waals surface area contributed by atoms with Gasteiger partial charge < -0.3 is 0 Å². The lowest BCUT2D eigenvalue weighted by Gasteiger charge is -2.21. The molecule has 44 valence electrons. The number of hydrogen-bond acceptors (Lipinski definition) is 5. The van der Waals surface area contributed by atoms with Crippen LogP contribution in [0.15, 0.2) is 0 Å². The predicted octanol–water partition coefficient (Wildman–Crippen LogP) is 1.51. The highest BCUT2D eigenvalue weighted by molar-refractivity contribution is 8.04. The van der Waals surface area contributed by atoms with Gasteiger partial charge in [-0.15, -0.1) is 25.3 Å². The fourth-order valence-corrected chi connectivity index (χ4v) is 0. The van der Waals surface area contributed by atoms with E-state index in [4.69, 9.17) is 0 Å². The van der Waals surface area contributed by atoms with Crippen molar-refractivity contribution < 1.29 is 0 Å². The van der Waals surface area contributed by atoms with Crippen LogP contribution in [0.1, 0.15) is 6.92 Å². The first kappa shape index (κ1) is 8.36. The maximum absolute atomic E-state index is 3.99. The third kappa shape index (κ3) is 3.90. The molecule has 0 amide bonds. The van der Waals surface area contributed by atoms with Crippen LogP contribution < -0.4 is 0 Å². The van der Waals surface area contributed by atoms with Crippen LogP contribution in [0.25, 0.3) is 0 Å². The molecule has 0 bridgehead atoms. The summed E-state index contributed by atoms with van der Waals surface area (Å²) in [7, 11) is 0. The smallest absolute Gasteiger partial charge is 0.124 e. The van der Waals surface area contributed by atoms with E-state index in [9.17, 15) is 0 Å². The Morgan fingerprint density at radius 2 is 1.43 bits per heavy atom. The van der Waals surface area contributed by atoms with Gasteiger partial charge in [-0.1, -0.05) is 25.6 Å². The van der Waals surface area contributed by atoms with E-state index in [0.29, 0.717) is 0 Å². The maximum atomic E-state index is 3.99. The van der Waals surface area contributed by atoms with Crippen LogP contribution in [0.2, 0.25) is 0 Å². The summed E-state index contributed by atoms with van der Waals surface area (Å²) in [6.07, 6.45) is 0. The predicted molar refractivity (Wildman–Crippen MR) is 46.2 cm³/mol. The average Bonchev–Trinajstić information content (AvgIpc) is 1.31. The molecule has 0 aromatic carbocycles. The highest BCUT2D eigenvalue weighted by Crippen LogP contribution is 2.26. The van der Waals surface area contributed by atoms with Gasteiger partial charge in [-0.25, -0.2) is 0 Å². The van der Waals surface area contributed by atoms with Crippen molar-refractivity contribution in [3.8, 4) is 0 Å². The Hall–Kier alpha value is 1.36. The van der Waals surface area contributed by atoms with Crippen molar-refractivity contribution in [3.05, 3.63) is 0 Å². The summed E-state index contributed by atoms with van der Waals surface area (Å²) in [5.74, 6) is 0. The molecular weight excluding hydrogens is 166 g/mol. The Balaban J connectivity index is 3.54. The zero-order valence-electron chi connectivity index (χ0n) is 3.74. The summed E-state index contributed by atoms with van der Waals surface area (Å²) in [5.41, 5.74) is 0. The van der Waals surface area contributed by atoms with Crippen molar-refractivity contribution in [1.82, 2.24) is 3.71 Å². The van der Waals surface area contributed by atoms with Gasteiger partial charge in [0, 0.05) is 0 Å². The fraction of sp³-hybridized carbons (Fsp3) is 1.00. The SMILES string of the molecule is CC(S)(S)N(S)S. The summed E-state index contributed by atoms with van der Waals surface area (Å²) in [4.78, 5) is 0. The molecule has 0 atom stereocenters. The van der Waals surface area contributed by atoms with Crippen LogP contribution in [-0.4, -0.2) is 7.91 Å². The number of hydrogen-bond donors (Lipinski definition) is 4. The third-order valence-corrected chi connectivity index (χ3v) is 2.21. The summed E-state index contributed by atoms with van der Waals surface area (Å²) in [6, 6.07) is 0. The Bertz CT molecular complexity index is 55.2. The number of nitrogens with zero attached hydrogens (tertiary/aromatic N) is 1. The quantitative estimate of drug-likeness (QED) is 0.345. The van der Waals surface area contributed by atoms with Gasteiger partial charge in [0.25, 0.3) is 0 Å². The van der Waals surface area contributed by atoms with Gasteiger partial charge in [0.1, 0.15) is 4.20 Å². The highest BCUT2D eigenvalue weighted by atomic mass is 32.2. The normalized spacial score (nSPS) is 12.9. The third-order valence-electron chi connectivity index (χ3n) is 0.379. The van der Waals surface area contributed by atoms with Gasteiger partial charge in [-0.05, 0) is 6.92 Å². The van der Waals surface area contributed by atoms with Crippen LogP contribution in [-0.2, 0) is 0 Å². The van der Waals surface area contributed by atoms with Crippen molar-refractivity contribution >= 4 is 50.9 Å². The van der Waals surface area contributed by atoms with E-state index in [1.54, 1.807) is 6.92 Å². The van der Waals surface area contributed by atoms with Crippen LogP contribution in [0.5, 0.6) is 0 Å². The van der Waals surface area contributed by atoms with Gasteiger partial charge in [0.2, 0.25) is 0 Å². The lowest BCUT2D eigenvalue weighted by Crippen LogP contribution is -2.19. The molecule has 0 spiro atoms. The molecule has 0 N–H and O–H groups in total. The molecule has 0 aliphatic heterocycles.